The molecule has 4 aliphatic carbocycles. The second kappa shape index (κ2) is 6.43. The summed E-state index contributed by atoms with van der Waals surface area (Å²) in [6.07, 6.45) is 6.83. The van der Waals surface area contributed by atoms with E-state index in [9.17, 15) is 10.2 Å². The van der Waals surface area contributed by atoms with Gasteiger partial charge in [-0.3, -0.25) is 0 Å². The van der Waals surface area contributed by atoms with Crippen LogP contribution >= 0.6 is 0 Å². The molecule has 0 radical (unpaired) electrons. The number of allylic oxidation sites excluding steroid dienone is 1. The molecule has 0 aliphatic heterocycles. The summed E-state index contributed by atoms with van der Waals surface area (Å²) in [7, 11) is 0. The SMILES string of the molecule is C[C@@H]1C[C@H]2[C@H](C[C@]3(C)[C@H](O)C[C@@H]4C(C)(C)C=C[C@@]4(C)[C@]23O)[C@H]1OCc1ccccc1. The monoisotopic (exact) mass is 410 g/mol. The molecule has 3 heteroatoms. The van der Waals surface area contributed by atoms with Gasteiger partial charge in [-0.05, 0) is 53.9 Å². The maximum atomic E-state index is 12.6. The molecule has 0 unspecified atom stereocenters. The Morgan fingerprint density at radius 3 is 2.43 bits per heavy atom. The Hall–Kier alpha value is -1.16. The van der Waals surface area contributed by atoms with Crippen molar-refractivity contribution in [3.05, 3.63) is 48.0 Å². The van der Waals surface area contributed by atoms with Crippen LogP contribution in [0.5, 0.6) is 0 Å². The Morgan fingerprint density at radius 1 is 1.03 bits per heavy atom. The van der Waals surface area contributed by atoms with Gasteiger partial charge in [0.2, 0.25) is 0 Å². The smallest absolute Gasteiger partial charge is 0.0847 e. The third-order valence-corrected chi connectivity index (χ3v) is 9.97. The molecule has 0 aromatic heterocycles. The minimum atomic E-state index is -0.906. The summed E-state index contributed by atoms with van der Waals surface area (Å²) in [5.74, 6) is 1.13. The molecule has 0 bridgehead atoms. The Balaban J connectivity index is 1.49. The summed E-state index contributed by atoms with van der Waals surface area (Å²) in [6.45, 7) is 11.8. The first-order chi connectivity index (χ1) is 14.0. The van der Waals surface area contributed by atoms with Gasteiger partial charge >= 0.3 is 0 Å². The summed E-state index contributed by atoms with van der Waals surface area (Å²) in [5.41, 5.74) is -0.513. The topological polar surface area (TPSA) is 49.7 Å². The maximum Gasteiger partial charge on any atom is 0.0847 e. The van der Waals surface area contributed by atoms with Gasteiger partial charge in [-0.1, -0.05) is 77.1 Å². The van der Waals surface area contributed by atoms with Crippen LogP contribution in [0.2, 0.25) is 0 Å². The van der Waals surface area contributed by atoms with E-state index in [2.05, 4.69) is 71.0 Å². The van der Waals surface area contributed by atoms with Gasteiger partial charge in [0.25, 0.3) is 0 Å². The molecule has 9 atom stereocenters. The molecule has 1 aromatic rings. The Labute approximate surface area is 181 Å². The van der Waals surface area contributed by atoms with Crippen LogP contribution < -0.4 is 0 Å². The normalized spacial score (nSPS) is 50.9. The van der Waals surface area contributed by atoms with E-state index in [4.69, 9.17) is 4.74 Å². The fourth-order valence-electron chi connectivity index (χ4n) is 8.44. The summed E-state index contributed by atoms with van der Waals surface area (Å²) in [5, 5.41) is 24.0. The molecule has 2 N–H and O–H groups in total. The van der Waals surface area contributed by atoms with Crippen molar-refractivity contribution in [2.45, 2.75) is 78.3 Å². The Kier molecular flexibility index (Phi) is 4.44. The molecular formula is C27H38O3. The van der Waals surface area contributed by atoms with E-state index in [0.29, 0.717) is 18.4 Å². The van der Waals surface area contributed by atoms with Crippen LogP contribution in [-0.4, -0.2) is 28.0 Å². The largest absolute Gasteiger partial charge is 0.392 e. The second-order valence-corrected chi connectivity index (χ2v) is 11.9. The highest BCUT2D eigenvalue weighted by Crippen LogP contribution is 2.74. The molecule has 0 spiro atoms. The van der Waals surface area contributed by atoms with Crippen LogP contribution in [0.4, 0.5) is 0 Å². The van der Waals surface area contributed by atoms with Crippen molar-refractivity contribution in [1.82, 2.24) is 0 Å². The van der Waals surface area contributed by atoms with Crippen LogP contribution in [0.3, 0.4) is 0 Å². The van der Waals surface area contributed by atoms with Gasteiger partial charge < -0.3 is 14.9 Å². The Bertz CT molecular complexity index is 847. The average molecular weight is 411 g/mol. The fraction of sp³-hybridized carbons (Fsp3) is 0.704. The highest BCUT2D eigenvalue weighted by Gasteiger charge is 2.77. The van der Waals surface area contributed by atoms with Crippen molar-refractivity contribution in [2.75, 3.05) is 0 Å². The highest BCUT2D eigenvalue weighted by molar-refractivity contribution is 5.34. The second-order valence-electron chi connectivity index (χ2n) is 11.9. The van der Waals surface area contributed by atoms with Gasteiger partial charge in [0.15, 0.2) is 0 Å². The van der Waals surface area contributed by atoms with E-state index in [1.807, 2.05) is 6.07 Å². The zero-order chi connectivity index (χ0) is 21.5. The van der Waals surface area contributed by atoms with Crippen LogP contribution in [0.15, 0.2) is 42.5 Å². The van der Waals surface area contributed by atoms with Crippen molar-refractivity contribution in [2.24, 2.45) is 39.9 Å². The standard InChI is InChI=1S/C27H38O3/c1-17-13-20-19(23(17)30-16-18-9-7-6-8-10-18)15-26(5)22(28)14-21-24(2,3)11-12-25(21,4)27(20,26)29/h6-12,17,19-23,28-29H,13-16H2,1-5H3/t17-,19+,20+,21-,22-,23+,25-,26-,27-/m1/s1. The van der Waals surface area contributed by atoms with Crippen LogP contribution in [0.1, 0.15) is 59.4 Å². The van der Waals surface area contributed by atoms with Crippen molar-refractivity contribution >= 4 is 0 Å². The third kappa shape index (κ3) is 2.43. The van der Waals surface area contributed by atoms with E-state index in [-0.39, 0.29) is 28.8 Å². The quantitative estimate of drug-likeness (QED) is 0.692. The number of hydrogen-bond acceptors (Lipinski definition) is 3. The van der Waals surface area contributed by atoms with Gasteiger partial charge in [-0.25, -0.2) is 0 Å². The molecule has 0 amide bonds. The van der Waals surface area contributed by atoms with Gasteiger partial charge in [0.1, 0.15) is 0 Å². The highest BCUT2D eigenvalue weighted by atomic mass is 16.5. The predicted octanol–water partition coefficient (Wildman–Crippen LogP) is 4.97. The molecule has 1 aromatic carbocycles. The van der Waals surface area contributed by atoms with Crippen molar-refractivity contribution in [1.29, 1.82) is 0 Å². The van der Waals surface area contributed by atoms with Crippen molar-refractivity contribution in [3.63, 3.8) is 0 Å². The molecule has 4 aliphatic rings. The first-order valence-corrected chi connectivity index (χ1v) is 11.8. The van der Waals surface area contributed by atoms with E-state index < -0.39 is 17.1 Å². The van der Waals surface area contributed by atoms with Gasteiger partial charge in [0, 0.05) is 10.8 Å². The molecule has 5 rings (SSSR count). The average Bonchev–Trinajstić information content (AvgIpc) is 3.23. The van der Waals surface area contributed by atoms with Crippen LogP contribution in [-0.2, 0) is 11.3 Å². The minimum Gasteiger partial charge on any atom is -0.392 e. The third-order valence-electron chi connectivity index (χ3n) is 9.97. The minimum absolute atomic E-state index is 0.00168. The van der Waals surface area contributed by atoms with Crippen LogP contribution in [0, 0.1) is 39.9 Å². The first-order valence-electron chi connectivity index (χ1n) is 11.8. The van der Waals surface area contributed by atoms with Gasteiger partial charge in [-0.15, -0.1) is 0 Å². The zero-order valence-electron chi connectivity index (χ0n) is 19.1. The number of rotatable bonds is 3. The van der Waals surface area contributed by atoms with Gasteiger partial charge in [-0.2, -0.15) is 0 Å². The summed E-state index contributed by atoms with van der Waals surface area (Å²) >= 11 is 0. The lowest BCUT2D eigenvalue weighted by Gasteiger charge is -2.62. The zero-order valence-corrected chi connectivity index (χ0v) is 19.1. The maximum absolute atomic E-state index is 12.6. The summed E-state index contributed by atoms with van der Waals surface area (Å²) in [6, 6.07) is 10.4. The van der Waals surface area contributed by atoms with E-state index in [0.717, 1.165) is 19.3 Å². The lowest BCUT2D eigenvalue weighted by Crippen LogP contribution is -2.68. The first kappa shape index (κ1) is 20.7. The Morgan fingerprint density at radius 2 is 1.73 bits per heavy atom. The summed E-state index contributed by atoms with van der Waals surface area (Å²) < 4.78 is 6.52. The number of ether oxygens (including phenoxy) is 1. The van der Waals surface area contributed by atoms with E-state index in [1.54, 1.807) is 0 Å². The molecule has 3 fully saturated rings. The van der Waals surface area contributed by atoms with Gasteiger partial charge in [0.05, 0.1) is 24.4 Å². The number of fused-ring (bicyclic) bond motifs is 5. The lowest BCUT2D eigenvalue weighted by molar-refractivity contribution is -0.244. The molecule has 3 saturated carbocycles. The number of benzene rings is 1. The molecule has 164 valence electrons. The fourth-order valence-corrected chi connectivity index (χ4v) is 8.44. The molecule has 30 heavy (non-hydrogen) atoms. The molecular weight excluding hydrogens is 372 g/mol. The lowest BCUT2D eigenvalue weighted by atomic mass is 9.46. The van der Waals surface area contributed by atoms with Crippen molar-refractivity contribution < 1.29 is 14.9 Å². The summed E-state index contributed by atoms with van der Waals surface area (Å²) in [4.78, 5) is 0. The predicted molar refractivity (Wildman–Crippen MR) is 119 cm³/mol. The molecule has 0 saturated heterocycles. The number of aliphatic hydroxyl groups is 2. The van der Waals surface area contributed by atoms with Crippen LogP contribution in [0.25, 0.3) is 0 Å². The molecule has 0 heterocycles. The number of aliphatic hydroxyl groups excluding tert-OH is 1. The van der Waals surface area contributed by atoms with E-state index >= 15 is 0 Å². The van der Waals surface area contributed by atoms with E-state index in [1.165, 1.54) is 5.56 Å². The molecule has 3 nitrogen and oxygen atoms in total. The number of hydrogen-bond donors (Lipinski definition) is 2. The van der Waals surface area contributed by atoms with Crippen molar-refractivity contribution in [3.8, 4) is 0 Å².